The minimum Gasteiger partial charge on any atom is -0.472 e. The van der Waals surface area contributed by atoms with Crippen LogP contribution in [-0.4, -0.2) is 78.4 Å². The molecule has 0 unspecified atom stereocenters. The van der Waals surface area contributed by atoms with E-state index in [1.54, 1.807) is 24.3 Å². The minimum atomic E-state index is -0.322. The quantitative estimate of drug-likeness (QED) is 0.652. The number of aromatic nitrogens is 1. The van der Waals surface area contributed by atoms with Crippen LogP contribution in [0.2, 0.25) is 0 Å². The van der Waals surface area contributed by atoms with Gasteiger partial charge in [-0.05, 0) is 25.6 Å². The summed E-state index contributed by atoms with van der Waals surface area (Å²) in [6.45, 7) is 6.03. The molecule has 1 amide bonds. The Morgan fingerprint density at radius 1 is 1.36 bits per heavy atom. The number of likely N-dealkylation sites (N-methyl/N-ethyl adjacent to an activating group) is 1. The van der Waals surface area contributed by atoms with E-state index in [9.17, 15) is 9.90 Å². The van der Waals surface area contributed by atoms with Gasteiger partial charge < -0.3 is 19.5 Å². The molecule has 7 nitrogen and oxygen atoms in total. The highest BCUT2D eigenvalue weighted by Gasteiger charge is 2.34. The molecule has 0 aliphatic carbocycles. The zero-order chi connectivity index (χ0) is 23.8. The minimum absolute atomic E-state index is 0.0392. The van der Waals surface area contributed by atoms with Gasteiger partial charge >= 0.3 is 0 Å². The van der Waals surface area contributed by atoms with Gasteiger partial charge in [0.15, 0.2) is 0 Å². The molecule has 3 atom stereocenters. The lowest BCUT2D eigenvalue weighted by Gasteiger charge is -2.37. The van der Waals surface area contributed by atoms with Crippen molar-refractivity contribution < 1.29 is 19.4 Å². The van der Waals surface area contributed by atoms with Crippen LogP contribution in [-0.2, 0) is 11.3 Å². The van der Waals surface area contributed by atoms with Crippen LogP contribution >= 0.6 is 0 Å². The number of benzene rings is 1. The van der Waals surface area contributed by atoms with Gasteiger partial charge in [-0.3, -0.25) is 9.69 Å². The van der Waals surface area contributed by atoms with E-state index in [0.29, 0.717) is 36.7 Å². The van der Waals surface area contributed by atoms with Gasteiger partial charge in [-0.25, -0.2) is 4.98 Å². The summed E-state index contributed by atoms with van der Waals surface area (Å²) in [4.78, 5) is 21.8. The zero-order valence-electron chi connectivity index (χ0n) is 19.8. The third-order valence-corrected chi connectivity index (χ3v) is 5.76. The monoisotopic (exact) mass is 451 g/mol. The first-order valence-corrected chi connectivity index (χ1v) is 11.2. The average Bonchev–Trinajstić information content (AvgIpc) is 2.82. The van der Waals surface area contributed by atoms with Crippen LogP contribution in [0.1, 0.15) is 35.3 Å². The van der Waals surface area contributed by atoms with Crippen LogP contribution in [0.15, 0.2) is 42.6 Å². The molecular formula is C26H33N3O4. The van der Waals surface area contributed by atoms with E-state index < -0.39 is 0 Å². The van der Waals surface area contributed by atoms with Gasteiger partial charge in [0.2, 0.25) is 5.88 Å². The molecule has 0 saturated carbocycles. The molecule has 1 aliphatic rings. The summed E-state index contributed by atoms with van der Waals surface area (Å²) in [5.74, 6) is 5.99. The second kappa shape index (κ2) is 11.8. The lowest BCUT2D eigenvalue weighted by molar-refractivity contribution is 0.0325. The highest BCUT2D eigenvalue weighted by Crippen LogP contribution is 2.27. The lowest BCUT2D eigenvalue weighted by atomic mass is 9.99. The number of carbonyl (C=O) groups excluding carboxylic acids is 1. The SMILES string of the molecule is COCC#Cc1cnc2c(c1)C(=O)N([C@@H](C)CO)C[C@H](C)[C@H](CN(C)Cc1ccccc1)O2. The number of nitrogens with zero attached hydrogens (tertiary/aromatic N) is 3. The number of hydrogen-bond donors (Lipinski definition) is 1. The molecule has 0 radical (unpaired) electrons. The molecule has 2 heterocycles. The molecule has 2 aromatic rings. The van der Waals surface area contributed by atoms with E-state index in [4.69, 9.17) is 9.47 Å². The summed E-state index contributed by atoms with van der Waals surface area (Å²) < 4.78 is 11.3. The predicted molar refractivity (Wildman–Crippen MR) is 127 cm³/mol. The van der Waals surface area contributed by atoms with Crippen molar-refractivity contribution in [3.8, 4) is 17.7 Å². The number of ether oxygens (including phenoxy) is 2. The number of pyridine rings is 1. The topological polar surface area (TPSA) is 75.1 Å². The number of amides is 1. The summed E-state index contributed by atoms with van der Waals surface area (Å²) in [7, 11) is 3.64. The predicted octanol–water partition coefficient (Wildman–Crippen LogP) is 2.43. The fourth-order valence-electron chi connectivity index (χ4n) is 3.87. The second-order valence-corrected chi connectivity index (χ2v) is 8.62. The molecule has 3 rings (SSSR count). The summed E-state index contributed by atoms with van der Waals surface area (Å²) in [5.41, 5.74) is 2.20. The summed E-state index contributed by atoms with van der Waals surface area (Å²) in [6, 6.07) is 11.7. The molecule has 176 valence electrons. The maximum atomic E-state index is 13.4. The zero-order valence-corrected chi connectivity index (χ0v) is 19.8. The number of methoxy groups -OCH3 is 1. The standard InChI is InChI=1S/C26H33N3O4/c1-19-15-29(20(2)18-30)26(31)23-13-22(11-8-12-32-4)14-27-25(23)33-24(19)17-28(3)16-21-9-6-5-7-10-21/h5-7,9-10,13-14,19-20,24,30H,12,15-18H2,1-4H3/t19-,20-,24-/m0/s1. The van der Waals surface area contributed by atoms with Crippen LogP contribution in [0, 0.1) is 17.8 Å². The van der Waals surface area contributed by atoms with E-state index in [1.165, 1.54) is 5.56 Å². The highest BCUT2D eigenvalue weighted by atomic mass is 16.5. The maximum Gasteiger partial charge on any atom is 0.259 e. The van der Waals surface area contributed by atoms with Crippen LogP contribution in [0.3, 0.4) is 0 Å². The van der Waals surface area contributed by atoms with Crippen molar-refractivity contribution in [2.75, 3.05) is 40.5 Å². The largest absolute Gasteiger partial charge is 0.472 e. The van der Waals surface area contributed by atoms with Crippen LogP contribution < -0.4 is 4.74 Å². The Labute approximate surface area is 196 Å². The van der Waals surface area contributed by atoms with Crippen molar-refractivity contribution in [3.05, 3.63) is 59.3 Å². The summed E-state index contributed by atoms with van der Waals surface area (Å²) >= 11 is 0. The van der Waals surface area contributed by atoms with Crippen molar-refractivity contribution in [1.82, 2.24) is 14.8 Å². The Morgan fingerprint density at radius 3 is 2.82 bits per heavy atom. The molecule has 1 aromatic heterocycles. The number of carbonyl (C=O) groups is 1. The van der Waals surface area contributed by atoms with Gasteiger partial charge in [-0.1, -0.05) is 49.1 Å². The lowest BCUT2D eigenvalue weighted by Crippen LogP contribution is -2.49. The third kappa shape index (κ3) is 6.55. The van der Waals surface area contributed by atoms with Crippen molar-refractivity contribution >= 4 is 5.91 Å². The Hall–Kier alpha value is -2.92. The fraction of sp³-hybridized carbons (Fsp3) is 0.462. The van der Waals surface area contributed by atoms with Crippen molar-refractivity contribution in [2.45, 2.75) is 32.5 Å². The Bertz CT molecular complexity index is 986. The van der Waals surface area contributed by atoms with E-state index in [2.05, 4.69) is 47.8 Å². The number of fused-ring (bicyclic) bond motifs is 1. The molecule has 1 aliphatic heterocycles. The first-order valence-electron chi connectivity index (χ1n) is 11.2. The third-order valence-electron chi connectivity index (χ3n) is 5.76. The van der Waals surface area contributed by atoms with Gasteiger partial charge in [-0.2, -0.15) is 0 Å². The molecule has 0 bridgehead atoms. The molecule has 7 heteroatoms. The Morgan fingerprint density at radius 2 is 2.12 bits per heavy atom. The van der Waals surface area contributed by atoms with Crippen molar-refractivity contribution in [3.63, 3.8) is 0 Å². The van der Waals surface area contributed by atoms with Crippen molar-refractivity contribution in [2.24, 2.45) is 5.92 Å². The normalized spacial score (nSPS) is 19.1. The van der Waals surface area contributed by atoms with E-state index >= 15 is 0 Å². The molecule has 0 fully saturated rings. The number of rotatable bonds is 7. The molecule has 33 heavy (non-hydrogen) atoms. The number of aliphatic hydroxyl groups excluding tert-OH is 1. The van der Waals surface area contributed by atoms with Gasteiger partial charge in [-0.15, -0.1) is 0 Å². The first-order chi connectivity index (χ1) is 15.9. The average molecular weight is 452 g/mol. The number of aliphatic hydroxyl groups is 1. The summed E-state index contributed by atoms with van der Waals surface area (Å²) in [5, 5.41) is 9.79. The molecule has 0 saturated heterocycles. The molecule has 1 aromatic carbocycles. The molecule has 0 spiro atoms. The van der Waals surface area contributed by atoms with Gasteiger partial charge in [0.1, 0.15) is 18.3 Å². The van der Waals surface area contributed by atoms with E-state index in [-0.39, 0.29) is 30.6 Å². The fourth-order valence-corrected chi connectivity index (χ4v) is 3.87. The smallest absolute Gasteiger partial charge is 0.259 e. The number of hydrogen-bond acceptors (Lipinski definition) is 6. The van der Waals surface area contributed by atoms with Gasteiger partial charge in [0.05, 0.1) is 12.6 Å². The molecular weight excluding hydrogens is 418 g/mol. The first kappa shape index (κ1) is 24.7. The Kier molecular flexibility index (Phi) is 8.84. The van der Waals surface area contributed by atoms with Gasteiger partial charge in [0, 0.05) is 44.4 Å². The van der Waals surface area contributed by atoms with Crippen LogP contribution in [0.4, 0.5) is 0 Å². The highest BCUT2D eigenvalue weighted by molar-refractivity contribution is 5.97. The molecule has 1 N–H and O–H groups in total. The van der Waals surface area contributed by atoms with E-state index in [0.717, 1.165) is 6.54 Å². The van der Waals surface area contributed by atoms with E-state index in [1.807, 2.05) is 25.1 Å². The van der Waals surface area contributed by atoms with Gasteiger partial charge in [0.25, 0.3) is 5.91 Å². The summed E-state index contributed by atoms with van der Waals surface area (Å²) in [6.07, 6.45) is 1.43. The Balaban J connectivity index is 1.89. The maximum absolute atomic E-state index is 13.4. The second-order valence-electron chi connectivity index (χ2n) is 8.62. The van der Waals surface area contributed by atoms with Crippen molar-refractivity contribution in [1.29, 1.82) is 0 Å². The van der Waals surface area contributed by atoms with Crippen LogP contribution in [0.5, 0.6) is 5.88 Å². The van der Waals surface area contributed by atoms with Crippen LogP contribution in [0.25, 0.3) is 0 Å².